The first kappa shape index (κ1) is 15.8. The number of anilines is 1. The van der Waals surface area contributed by atoms with Gasteiger partial charge in [-0.05, 0) is 18.6 Å². The van der Waals surface area contributed by atoms with Gasteiger partial charge in [0, 0.05) is 19.8 Å². The van der Waals surface area contributed by atoms with Crippen molar-refractivity contribution >= 4 is 15.7 Å². The van der Waals surface area contributed by atoms with Crippen molar-refractivity contribution < 1.29 is 17.2 Å². The lowest BCUT2D eigenvalue weighted by Crippen LogP contribution is -2.32. The number of aromatic nitrogens is 1. The maximum absolute atomic E-state index is 12.3. The van der Waals surface area contributed by atoms with Gasteiger partial charge in [-0.1, -0.05) is 6.92 Å². The van der Waals surface area contributed by atoms with Gasteiger partial charge < -0.3 is 5.32 Å². The van der Waals surface area contributed by atoms with Gasteiger partial charge in [0.25, 0.3) is 16.4 Å². The van der Waals surface area contributed by atoms with Crippen molar-refractivity contribution in [3.63, 3.8) is 0 Å². The van der Waals surface area contributed by atoms with Crippen LogP contribution in [0.15, 0.2) is 23.4 Å². The number of alkyl halides is 2. The highest BCUT2D eigenvalue weighted by atomic mass is 32.2. The van der Waals surface area contributed by atoms with Crippen LogP contribution in [0.4, 0.5) is 14.5 Å². The van der Waals surface area contributed by atoms with Crippen LogP contribution in [0.5, 0.6) is 0 Å². The molecule has 108 valence electrons. The Labute approximate surface area is 111 Å². The Morgan fingerprint density at radius 3 is 2.74 bits per heavy atom. The van der Waals surface area contributed by atoms with Crippen molar-refractivity contribution in [2.45, 2.75) is 24.8 Å². The quantitative estimate of drug-likeness (QED) is 0.832. The molecule has 1 aromatic rings. The highest BCUT2D eigenvalue weighted by Gasteiger charge is 2.27. The standard InChI is InChI=1S/C11H17F2N3O2S/c1-3-6-14-9-5-4-7-15-11(9)19(17,18)16(2)8-10(12)13/h4-5,7,10,14H,3,6,8H2,1-2H3. The Morgan fingerprint density at radius 2 is 2.16 bits per heavy atom. The molecule has 0 amide bonds. The van der Waals surface area contributed by atoms with Crippen LogP contribution in [0.25, 0.3) is 0 Å². The molecule has 0 saturated carbocycles. The molecule has 0 atom stereocenters. The van der Waals surface area contributed by atoms with Gasteiger partial charge in [0.15, 0.2) is 5.03 Å². The summed E-state index contributed by atoms with van der Waals surface area (Å²) in [4.78, 5) is 3.79. The Bertz CT molecular complexity index is 508. The molecule has 0 spiro atoms. The summed E-state index contributed by atoms with van der Waals surface area (Å²) in [7, 11) is -2.90. The van der Waals surface area contributed by atoms with Gasteiger partial charge in [0.05, 0.1) is 12.2 Å². The fourth-order valence-corrected chi connectivity index (χ4v) is 2.65. The van der Waals surface area contributed by atoms with Crippen molar-refractivity contribution in [1.29, 1.82) is 0 Å². The molecule has 1 N–H and O–H groups in total. The van der Waals surface area contributed by atoms with Crippen molar-refractivity contribution in [2.75, 3.05) is 25.5 Å². The fraction of sp³-hybridized carbons (Fsp3) is 0.545. The molecule has 0 unspecified atom stereocenters. The van der Waals surface area contributed by atoms with E-state index in [0.717, 1.165) is 13.5 Å². The number of sulfonamides is 1. The summed E-state index contributed by atoms with van der Waals surface area (Å²) in [6.45, 7) is 1.65. The third-order valence-corrected chi connectivity index (χ3v) is 4.17. The molecular weight excluding hydrogens is 276 g/mol. The first-order valence-corrected chi connectivity index (χ1v) is 7.27. The van der Waals surface area contributed by atoms with E-state index < -0.39 is 23.0 Å². The lowest BCUT2D eigenvalue weighted by Gasteiger charge is -2.18. The molecule has 0 fully saturated rings. The number of hydrogen-bond donors (Lipinski definition) is 1. The third kappa shape index (κ3) is 4.10. The highest BCUT2D eigenvalue weighted by Crippen LogP contribution is 2.21. The van der Waals surface area contributed by atoms with Crippen LogP contribution < -0.4 is 5.32 Å². The molecule has 8 heteroatoms. The minimum Gasteiger partial charge on any atom is -0.383 e. The summed E-state index contributed by atoms with van der Waals surface area (Å²) in [6.07, 6.45) is -0.600. The molecule has 19 heavy (non-hydrogen) atoms. The third-order valence-electron chi connectivity index (χ3n) is 2.39. The number of rotatable bonds is 7. The van der Waals surface area contributed by atoms with Gasteiger partial charge >= 0.3 is 0 Å². The fourth-order valence-electron chi connectivity index (χ4n) is 1.43. The van der Waals surface area contributed by atoms with Crippen LogP contribution in [0.2, 0.25) is 0 Å². The van der Waals surface area contributed by atoms with Gasteiger partial charge in [-0.25, -0.2) is 22.2 Å². The monoisotopic (exact) mass is 293 g/mol. The minimum atomic E-state index is -4.02. The van der Waals surface area contributed by atoms with E-state index in [1.807, 2.05) is 6.92 Å². The Morgan fingerprint density at radius 1 is 1.47 bits per heavy atom. The average molecular weight is 293 g/mol. The van der Waals surface area contributed by atoms with E-state index in [9.17, 15) is 17.2 Å². The van der Waals surface area contributed by atoms with Crippen molar-refractivity contribution in [3.05, 3.63) is 18.3 Å². The Balaban J connectivity index is 3.06. The zero-order chi connectivity index (χ0) is 14.5. The number of nitrogens with one attached hydrogen (secondary N) is 1. The average Bonchev–Trinajstić information content (AvgIpc) is 2.35. The number of halogens is 2. The first-order chi connectivity index (χ1) is 8.89. The van der Waals surface area contributed by atoms with Crippen LogP contribution in [0, 0.1) is 0 Å². The maximum Gasteiger partial charge on any atom is 0.262 e. The lowest BCUT2D eigenvalue weighted by atomic mass is 10.4. The molecule has 0 aliphatic rings. The van der Waals surface area contributed by atoms with Crippen molar-refractivity contribution in [3.8, 4) is 0 Å². The van der Waals surface area contributed by atoms with Gasteiger partial charge in [-0.15, -0.1) is 0 Å². The van der Waals surface area contributed by atoms with Gasteiger partial charge in [-0.3, -0.25) is 0 Å². The van der Waals surface area contributed by atoms with Crippen molar-refractivity contribution in [2.24, 2.45) is 0 Å². The summed E-state index contributed by atoms with van der Waals surface area (Å²) >= 11 is 0. The highest BCUT2D eigenvalue weighted by molar-refractivity contribution is 7.89. The second-order valence-corrected chi connectivity index (χ2v) is 5.92. The predicted molar refractivity (Wildman–Crippen MR) is 68.8 cm³/mol. The number of nitrogens with zero attached hydrogens (tertiary/aromatic N) is 2. The van der Waals surface area contributed by atoms with E-state index in [1.54, 1.807) is 12.1 Å². The summed E-state index contributed by atoms with van der Waals surface area (Å²) in [5.74, 6) is 0. The smallest absolute Gasteiger partial charge is 0.262 e. The molecular formula is C11H17F2N3O2S. The zero-order valence-corrected chi connectivity index (χ0v) is 11.6. The minimum absolute atomic E-state index is 0.230. The van der Waals surface area contributed by atoms with Gasteiger partial charge in [0.2, 0.25) is 0 Å². The SMILES string of the molecule is CCCNc1cccnc1S(=O)(=O)N(C)CC(F)F. The normalized spacial score (nSPS) is 12.1. The molecule has 0 saturated heterocycles. The number of pyridine rings is 1. The van der Waals surface area contributed by atoms with E-state index >= 15 is 0 Å². The van der Waals surface area contributed by atoms with E-state index in [2.05, 4.69) is 10.3 Å². The van der Waals surface area contributed by atoms with E-state index in [-0.39, 0.29) is 5.03 Å². The largest absolute Gasteiger partial charge is 0.383 e. The number of hydrogen-bond acceptors (Lipinski definition) is 4. The zero-order valence-electron chi connectivity index (χ0n) is 10.8. The molecule has 0 aliphatic heterocycles. The molecule has 5 nitrogen and oxygen atoms in total. The molecule has 1 rings (SSSR count). The van der Waals surface area contributed by atoms with Crippen LogP contribution in [-0.4, -0.2) is 44.3 Å². The van der Waals surface area contributed by atoms with E-state index in [4.69, 9.17) is 0 Å². The van der Waals surface area contributed by atoms with E-state index in [1.165, 1.54) is 6.20 Å². The summed E-state index contributed by atoms with van der Waals surface area (Å²) in [6, 6.07) is 3.15. The Kier molecular flexibility index (Phi) is 5.61. The van der Waals surface area contributed by atoms with Crippen LogP contribution >= 0.6 is 0 Å². The molecule has 0 aliphatic carbocycles. The van der Waals surface area contributed by atoms with Crippen molar-refractivity contribution in [1.82, 2.24) is 9.29 Å². The second kappa shape index (κ2) is 6.76. The molecule has 1 heterocycles. The molecule has 0 radical (unpaired) electrons. The van der Waals surface area contributed by atoms with E-state index in [0.29, 0.717) is 16.5 Å². The van der Waals surface area contributed by atoms with Crippen LogP contribution in [0.3, 0.4) is 0 Å². The Hall–Kier alpha value is -1.28. The van der Waals surface area contributed by atoms with Gasteiger partial charge in [0.1, 0.15) is 0 Å². The van der Waals surface area contributed by atoms with Crippen LogP contribution in [0.1, 0.15) is 13.3 Å². The predicted octanol–water partition coefficient (Wildman–Crippen LogP) is 1.79. The second-order valence-electron chi connectivity index (χ2n) is 3.96. The van der Waals surface area contributed by atoms with Crippen LogP contribution in [-0.2, 0) is 10.0 Å². The molecule has 1 aromatic heterocycles. The molecule has 0 bridgehead atoms. The summed E-state index contributed by atoms with van der Waals surface area (Å²) in [5.41, 5.74) is 0.325. The topological polar surface area (TPSA) is 62.3 Å². The van der Waals surface area contributed by atoms with Gasteiger partial charge in [-0.2, -0.15) is 4.31 Å². The summed E-state index contributed by atoms with van der Waals surface area (Å²) < 4.78 is 49.5. The lowest BCUT2D eigenvalue weighted by molar-refractivity contribution is 0.126. The summed E-state index contributed by atoms with van der Waals surface area (Å²) in [5, 5.41) is 2.69. The first-order valence-electron chi connectivity index (χ1n) is 5.83. The molecule has 0 aromatic carbocycles. The maximum atomic E-state index is 12.3.